The number of hydrogen-bond donors (Lipinski definition) is 4. The summed E-state index contributed by atoms with van der Waals surface area (Å²) in [6.07, 6.45) is 2.26. The molecule has 0 aliphatic heterocycles. The van der Waals surface area contributed by atoms with Crippen LogP contribution in [0.2, 0.25) is 0 Å². The second-order valence-electron chi connectivity index (χ2n) is 6.99. The molecular formula is C20H20F4N4O2. The summed E-state index contributed by atoms with van der Waals surface area (Å²) >= 11 is 0. The first-order valence-electron chi connectivity index (χ1n) is 9.35. The molecule has 160 valence electrons. The summed E-state index contributed by atoms with van der Waals surface area (Å²) in [5, 5.41) is 10.1. The Morgan fingerprint density at radius 1 is 0.667 bits per heavy atom. The standard InChI is InChI=1S/C20H20F4N4O2/c21-11-1-7-17(15(23)9-11)27-19(29)25-13-3-5-14(6-4-13)26-20(30)28-18-8-2-12(22)10-16(18)24/h1-2,7-10,13-14H,3-6H2,(H2,25,27,29)(H2,26,28,30). The Bertz CT molecular complexity index is 858. The maximum Gasteiger partial charge on any atom is 0.319 e. The average Bonchev–Trinajstić information content (AvgIpc) is 2.68. The van der Waals surface area contributed by atoms with Gasteiger partial charge in [0.05, 0.1) is 11.4 Å². The number of nitrogens with one attached hydrogen (secondary N) is 4. The average molecular weight is 424 g/mol. The van der Waals surface area contributed by atoms with E-state index in [1.165, 1.54) is 0 Å². The van der Waals surface area contributed by atoms with Crippen LogP contribution >= 0.6 is 0 Å². The van der Waals surface area contributed by atoms with Crippen LogP contribution in [0.3, 0.4) is 0 Å². The summed E-state index contributed by atoms with van der Waals surface area (Å²) < 4.78 is 53.0. The molecule has 0 atom stereocenters. The number of halogens is 4. The molecule has 1 aliphatic rings. The molecule has 10 heteroatoms. The van der Waals surface area contributed by atoms with E-state index in [1.54, 1.807) is 0 Å². The lowest BCUT2D eigenvalue weighted by Gasteiger charge is -2.29. The molecule has 0 radical (unpaired) electrons. The molecule has 1 fully saturated rings. The highest BCUT2D eigenvalue weighted by molar-refractivity contribution is 5.90. The summed E-state index contributed by atoms with van der Waals surface area (Å²) in [4.78, 5) is 24.0. The second-order valence-corrected chi connectivity index (χ2v) is 6.99. The van der Waals surface area contributed by atoms with Crippen LogP contribution in [-0.4, -0.2) is 24.1 Å². The molecule has 30 heavy (non-hydrogen) atoms. The molecule has 0 unspecified atom stereocenters. The van der Waals surface area contributed by atoms with Gasteiger partial charge >= 0.3 is 12.1 Å². The van der Waals surface area contributed by atoms with Gasteiger partial charge in [-0.3, -0.25) is 0 Å². The van der Waals surface area contributed by atoms with Gasteiger partial charge in [-0.1, -0.05) is 0 Å². The smallest absolute Gasteiger partial charge is 0.319 e. The maximum atomic E-state index is 13.6. The molecular weight excluding hydrogens is 404 g/mol. The number of anilines is 2. The Hall–Kier alpha value is -3.30. The van der Waals surface area contributed by atoms with Gasteiger partial charge in [0.25, 0.3) is 0 Å². The SMILES string of the molecule is O=C(Nc1ccc(F)cc1F)NC1CCC(NC(=O)Nc2ccc(F)cc2F)CC1. The number of benzene rings is 2. The first-order chi connectivity index (χ1) is 14.3. The van der Waals surface area contributed by atoms with E-state index < -0.39 is 35.3 Å². The topological polar surface area (TPSA) is 82.3 Å². The van der Waals surface area contributed by atoms with Crippen molar-refractivity contribution in [1.82, 2.24) is 10.6 Å². The summed E-state index contributed by atoms with van der Waals surface area (Å²) in [6.45, 7) is 0. The Kier molecular flexibility index (Phi) is 6.76. The van der Waals surface area contributed by atoms with E-state index in [0.717, 1.165) is 24.3 Å². The Balaban J connectivity index is 1.42. The zero-order chi connectivity index (χ0) is 21.7. The predicted octanol–water partition coefficient (Wildman–Crippen LogP) is 4.50. The second kappa shape index (κ2) is 9.47. The lowest BCUT2D eigenvalue weighted by molar-refractivity contribution is 0.233. The molecule has 3 rings (SSSR count). The number of rotatable bonds is 4. The van der Waals surface area contributed by atoms with Crippen LogP contribution in [0.15, 0.2) is 36.4 Å². The Morgan fingerprint density at radius 2 is 1.03 bits per heavy atom. The van der Waals surface area contributed by atoms with Crippen LogP contribution < -0.4 is 21.3 Å². The third kappa shape index (κ3) is 5.85. The monoisotopic (exact) mass is 424 g/mol. The number of hydrogen-bond acceptors (Lipinski definition) is 2. The fourth-order valence-corrected chi connectivity index (χ4v) is 3.25. The van der Waals surface area contributed by atoms with Gasteiger partial charge in [-0.15, -0.1) is 0 Å². The quantitative estimate of drug-likeness (QED) is 0.545. The molecule has 0 spiro atoms. The summed E-state index contributed by atoms with van der Waals surface area (Å²) in [7, 11) is 0. The van der Waals surface area contributed by atoms with Gasteiger partial charge in [-0.2, -0.15) is 0 Å². The van der Waals surface area contributed by atoms with Gasteiger partial charge in [-0.05, 0) is 49.9 Å². The largest absolute Gasteiger partial charge is 0.335 e. The Labute approximate surface area is 170 Å². The van der Waals surface area contributed by atoms with E-state index >= 15 is 0 Å². The number of urea groups is 2. The van der Waals surface area contributed by atoms with Gasteiger partial charge in [-0.25, -0.2) is 27.2 Å². The van der Waals surface area contributed by atoms with Crippen LogP contribution in [0.4, 0.5) is 38.5 Å². The molecule has 4 N–H and O–H groups in total. The molecule has 1 aliphatic carbocycles. The van der Waals surface area contributed by atoms with Crippen LogP contribution in [0.25, 0.3) is 0 Å². The summed E-state index contributed by atoms with van der Waals surface area (Å²) in [5.41, 5.74) is -0.261. The van der Waals surface area contributed by atoms with Gasteiger partial charge in [0, 0.05) is 24.2 Å². The minimum absolute atomic E-state index is 0.131. The molecule has 0 saturated heterocycles. The number of amides is 4. The van der Waals surface area contributed by atoms with Gasteiger partial charge in [0.15, 0.2) is 0 Å². The highest BCUT2D eigenvalue weighted by Crippen LogP contribution is 2.20. The van der Waals surface area contributed by atoms with Crippen molar-refractivity contribution in [2.45, 2.75) is 37.8 Å². The molecule has 0 aromatic heterocycles. The van der Waals surface area contributed by atoms with Gasteiger partial charge in [0.1, 0.15) is 23.3 Å². The number of carbonyl (C=O) groups excluding carboxylic acids is 2. The van der Waals surface area contributed by atoms with E-state index in [2.05, 4.69) is 21.3 Å². The van der Waals surface area contributed by atoms with E-state index in [0.29, 0.717) is 37.8 Å². The van der Waals surface area contributed by atoms with Gasteiger partial charge in [0.2, 0.25) is 0 Å². The van der Waals surface area contributed by atoms with E-state index in [-0.39, 0.29) is 23.5 Å². The normalized spacial score (nSPS) is 18.4. The van der Waals surface area contributed by atoms with Crippen LogP contribution in [0, 0.1) is 23.3 Å². The van der Waals surface area contributed by atoms with Gasteiger partial charge < -0.3 is 21.3 Å². The first-order valence-corrected chi connectivity index (χ1v) is 9.35. The minimum atomic E-state index is -0.873. The molecule has 4 amide bonds. The van der Waals surface area contributed by atoms with E-state index in [4.69, 9.17) is 0 Å². The van der Waals surface area contributed by atoms with Crippen molar-refractivity contribution < 1.29 is 27.2 Å². The molecule has 0 heterocycles. The third-order valence-electron chi connectivity index (χ3n) is 4.76. The predicted molar refractivity (Wildman–Crippen MR) is 103 cm³/mol. The molecule has 2 aromatic carbocycles. The fourth-order valence-electron chi connectivity index (χ4n) is 3.25. The number of carbonyl (C=O) groups is 2. The zero-order valence-corrected chi connectivity index (χ0v) is 15.8. The van der Waals surface area contributed by atoms with E-state index in [9.17, 15) is 27.2 Å². The van der Waals surface area contributed by atoms with Crippen molar-refractivity contribution in [1.29, 1.82) is 0 Å². The van der Waals surface area contributed by atoms with Crippen molar-refractivity contribution in [3.63, 3.8) is 0 Å². The van der Waals surface area contributed by atoms with E-state index in [1.807, 2.05) is 0 Å². The third-order valence-corrected chi connectivity index (χ3v) is 4.76. The highest BCUT2D eigenvalue weighted by Gasteiger charge is 2.24. The lowest BCUT2D eigenvalue weighted by atomic mass is 9.91. The molecule has 2 aromatic rings. The molecule has 0 bridgehead atoms. The Morgan fingerprint density at radius 3 is 1.37 bits per heavy atom. The van der Waals surface area contributed by atoms with Crippen molar-refractivity contribution >= 4 is 23.4 Å². The van der Waals surface area contributed by atoms with Crippen LogP contribution in [0.5, 0.6) is 0 Å². The van der Waals surface area contributed by atoms with Crippen LogP contribution in [0.1, 0.15) is 25.7 Å². The molecule has 1 saturated carbocycles. The molecule has 6 nitrogen and oxygen atoms in total. The lowest BCUT2D eigenvalue weighted by Crippen LogP contribution is -2.45. The zero-order valence-electron chi connectivity index (χ0n) is 15.8. The highest BCUT2D eigenvalue weighted by atomic mass is 19.1. The summed E-state index contributed by atoms with van der Waals surface area (Å²) in [5.74, 6) is -3.23. The fraction of sp³-hybridized carbons (Fsp3) is 0.300. The van der Waals surface area contributed by atoms with Crippen molar-refractivity contribution in [2.75, 3.05) is 10.6 Å². The van der Waals surface area contributed by atoms with Crippen LogP contribution in [-0.2, 0) is 0 Å². The minimum Gasteiger partial charge on any atom is -0.335 e. The summed E-state index contributed by atoms with van der Waals surface area (Å²) in [6, 6.07) is 4.12. The first kappa shape index (κ1) is 21.4. The van der Waals surface area contributed by atoms with Crippen molar-refractivity contribution in [3.8, 4) is 0 Å². The van der Waals surface area contributed by atoms with Crippen molar-refractivity contribution in [2.24, 2.45) is 0 Å². The van der Waals surface area contributed by atoms with Crippen molar-refractivity contribution in [3.05, 3.63) is 59.7 Å². The maximum absolute atomic E-state index is 13.6.